The van der Waals surface area contributed by atoms with Crippen molar-refractivity contribution >= 4 is 5.82 Å². The zero-order chi connectivity index (χ0) is 9.97. The Kier molecular flexibility index (Phi) is 2.68. The van der Waals surface area contributed by atoms with Gasteiger partial charge in [0.1, 0.15) is 5.82 Å². The van der Waals surface area contributed by atoms with Gasteiger partial charge in [-0.15, -0.1) is 0 Å². The zero-order valence-electron chi connectivity index (χ0n) is 8.83. The third kappa shape index (κ3) is 1.87. The third-order valence-electron chi connectivity index (χ3n) is 2.69. The standard InChI is InChI=1S/C11H17N3/c1-14(2)11-8-9(5-7-13-11)10-4-3-6-12-10/h5,7-8,10,12H,3-4,6H2,1-2H3/t10-/m0/s1. The fourth-order valence-corrected chi connectivity index (χ4v) is 1.86. The van der Waals surface area contributed by atoms with Crippen molar-refractivity contribution in [3.8, 4) is 0 Å². The molecule has 0 radical (unpaired) electrons. The number of rotatable bonds is 2. The lowest BCUT2D eigenvalue weighted by Gasteiger charge is -2.15. The smallest absolute Gasteiger partial charge is 0.128 e. The van der Waals surface area contributed by atoms with Crippen LogP contribution < -0.4 is 10.2 Å². The molecular weight excluding hydrogens is 174 g/mol. The lowest BCUT2D eigenvalue weighted by atomic mass is 10.1. The molecular formula is C11H17N3. The van der Waals surface area contributed by atoms with Crippen LogP contribution in [0, 0.1) is 0 Å². The van der Waals surface area contributed by atoms with Gasteiger partial charge in [0.2, 0.25) is 0 Å². The molecule has 3 nitrogen and oxygen atoms in total. The van der Waals surface area contributed by atoms with Gasteiger partial charge in [0.25, 0.3) is 0 Å². The van der Waals surface area contributed by atoms with Crippen LogP contribution in [-0.2, 0) is 0 Å². The summed E-state index contributed by atoms with van der Waals surface area (Å²) in [5, 5.41) is 3.49. The van der Waals surface area contributed by atoms with Gasteiger partial charge in [-0.1, -0.05) is 0 Å². The second-order valence-corrected chi connectivity index (χ2v) is 3.99. The highest BCUT2D eigenvalue weighted by atomic mass is 15.1. The molecule has 1 aliphatic rings. The number of nitrogens with zero attached hydrogens (tertiary/aromatic N) is 2. The fraction of sp³-hybridized carbons (Fsp3) is 0.545. The van der Waals surface area contributed by atoms with Crippen molar-refractivity contribution in [2.45, 2.75) is 18.9 Å². The first kappa shape index (κ1) is 9.46. The zero-order valence-corrected chi connectivity index (χ0v) is 8.83. The van der Waals surface area contributed by atoms with E-state index < -0.39 is 0 Å². The monoisotopic (exact) mass is 191 g/mol. The number of hydrogen-bond donors (Lipinski definition) is 1. The Morgan fingerprint density at radius 1 is 1.50 bits per heavy atom. The summed E-state index contributed by atoms with van der Waals surface area (Å²) in [4.78, 5) is 6.35. The van der Waals surface area contributed by atoms with E-state index in [1.165, 1.54) is 18.4 Å². The van der Waals surface area contributed by atoms with E-state index in [1.54, 1.807) is 0 Å². The summed E-state index contributed by atoms with van der Waals surface area (Å²) in [5.74, 6) is 1.04. The molecule has 2 rings (SSSR count). The summed E-state index contributed by atoms with van der Waals surface area (Å²) >= 11 is 0. The second-order valence-electron chi connectivity index (χ2n) is 3.99. The molecule has 14 heavy (non-hydrogen) atoms. The van der Waals surface area contributed by atoms with Crippen molar-refractivity contribution in [2.24, 2.45) is 0 Å². The third-order valence-corrected chi connectivity index (χ3v) is 2.69. The molecule has 0 unspecified atom stereocenters. The molecule has 0 aromatic carbocycles. The van der Waals surface area contributed by atoms with E-state index in [2.05, 4.69) is 22.4 Å². The Bertz CT molecular complexity index is 303. The first-order valence-corrected chi connectivity index (χ1v) is 5.14. The van der Waals surface area contributed by atoms with E-state index in [0.717, 1.165) is 12.4 Å². The molecule has 0 aliphatic carbocycles. The quantitative estimate of drug-likeness (QED) is 0.769. The minimum absolute atomic E-state index is 0.539. The van der Waals surface area contributed by atoms with Crippen LogP contribution >= 0.6 is 0 Å². The number of aromatic nitrogens is 1. The predicted molar refractivity (Wildman–Crippen MR) is 58.5 cm³/mol. The average Bonchev–Trinajstić information content (AvgIpc) is 2.71. The van der Waals surface area contributed by atoms with E-state index in [4.69, 9.17) is 0 Å². The van der Waals surface area contributed by atoms with Gasteiger partial charge in [-0.3, -0.25) is 0 Å². The molecule has 1 N–H and O–H groups in total. The summed E-state index contributed by atoms with van der Waals surface area (Å²) in [6.07, 6.45) is 4.42. The lowest BCUT2D eigenvalue weighted by Crippen LogP contribution is -2.15. The maximum absolute atomic E-state index is 4.31. The van der Waals surface area contributed by atoms with E-state index in [9.17, 15) is 0 Å². The minimum Gasteiger partial charge on any atom is -0.363 e. The van der Waals surface area contributed by atoms with Crippen molar-refractivity contribution < 1.29 is 0 Å². The fourth-order valence-electron chi connectivity index (χ4n) is 1.86. The van der Waals surface area contributed by atoms with Crippen LogP contribution in [0.1, 0.15) is 24.4 Å². The van der Waals surface area contributed by atoms with Crippen molar-refractivity contribution in [1.29, 1.82) is 0 Å². The van der Waals surface area contributed by atoms with Crippen molar-refractivity contribution in [1.82, 2.24) is 10.3 Å². The van der Waals surface area contributed by atoms with Gasteiger partial charge in [0, 0.05) is 26.3 Å². The van der Waals surface area contributed by atoms with Crippen molar-refractivity contribution in [2.75, 3.05) is 25.5 Å². The Morgan fingerprint density at radius 2 is 2.36 bits per heavy atom. The molecule has 0 amide bonds. The van der Waals surface area contributed by atoms with Crippen LogP contribution in [0.5, 0.6) is 0 Å². The molecule has 0 saturated carbocycles. The van der Waals surface area contributed by atoms with Gasteiger partial charge < -0.3 is 10.2 Å². The van der Waals surface area contributed by atoms with Gasteiger partial charge in [-0.05, 0) is 37.1 Å². The maximum atomic E-state index is 4.31. The van der Waals surface area contributed by atoms with Crippen LogP contribution in [0.4, 0.5) is 5.82 Å². The molecule has 0 spiro atoms. The molecule has 1 aromatic rings. The highest BCUT2D eigenvalue weighted by molar-refractivity contribution is 5.40. The maximum Gasteiger partial charge on any atom is 0.128 e. The summed E-state index contributed by atoms with van der Waals surface area (Å²) in [5.41, 5.74) is 1.36. The van der Waals surface area contributed by atoms with Crippen LogP contribution in [0.3, 0.4) is 0 Å². The van der Waals surface area contributed by atoms with Crippen LogP contribution in [0.15, 0.2) is 18.3 Å². The molecule has 1 aromatic heterocycles. The normalized spacial score (nSPS) is 21.1. The number of nitrogens with one attached hydrogen (secondary N) is 1. The lowest BCUT2D eigenvalue weighted by molar-refractivity contribution is 0.646. The Morgan fingerprint density at radius 3 is 3.00 bits per heavy atom. The second kappa shape index (κ2) is 3.96. The van der Waals surface area contributed by atoms with Gasteiger partial charge in [-0.2, -0.15) is 0 Å². The first-order chi connectivity index (χ1) is 6.77. The van der Waals surface area contributed by atoms with Gasteiger partial charge in [0.05, 0.1) is 0 Å². The average molecular weight is 191 g/mol. The molecule has 2 heterocycles. The Hall–Kier alpha value is -1.09. The molecule has 1 saturated heterocycles. The summed E-state index contributed by atoms with van der Waals surface area (Å²) < 4.78 is 0. The largest absolute Gasteiger partial charge is 0.363 e. The Labute approximate surface area is 85.1 Å². The first-order valence-electron chi connectivity index (χ1n) is 5.14. The number of hydrogen-bond acceptors (Lipinski definition) is 3. The van der Waals surface area contributed by atoms with Crippen molar-refractivity contribution in [3.05, 3.63) is 23.9 Å². The molecule has 0 bridgehead atoms. The molecule has 1 fully saturated rings. The molecule has 1 atom stereocenters. The predicted octanol–water partition coefficient (Wildman–Crippen LogP) is 1.57. The van der Waals surface area contributed by atoms with Gasteiger partial charge >= 0.3 is 0 Å². The van der Waals surface area contributed by atoms with E-state index in [-0.39, 0.29) is 0 Å². The highest BCUT2D eigenvalue weighted by Crippen LogP contribution is 2.24. The minimum atomic E-state index is 0.539. The topological polar surface area (TPSA) is 28.2 Å². The van der Waals surface area contributed by atoms with Crippen LogP contribution in [0.25, 0.3) is 0 Å². The molecule has 3 heteroatoms. The molecule has 76 valence electrons. The summed E-state index contributed by atoms with van der Waals surface area (Å²) in [7, 11) is 4.04. The van der Waals surface area contributed by atoms with Gasteiger partial charge in [0.15, 0.2) is 0 Å². The van der Waals surface area contributed by atoms with Crippen LogP contribution in [-0.4, -0.2) is 25.6 Å². The van der Waals surface area contributed by atoms with Gasteiger partial charge in [-0.25, -0.2) is 4.98 Å². The molecule has 1 aliphatic heterocycles. The number of pyridine rings is 1. The highest BCUT2D eigenvalue weighted by Gasteiger charge is 2.16. The van der Waals surface area contributed by atoms with E-state index in [0.29, 0.717) is 6.04 Å². The van der Waals surface area contributed by atoms with Crippen LogP contribution in [0.2, 0.25) is 0 Å². The van der Waals surface area contributed by atoms with E-state index >= 15 is 0 Å². The van der Waals surface area contributed by atoms with Crippen molar-refractivity contribution in [3.63, 3.8) is 0 Å². The number of anilines is 1. The van der Waals surface area contributed by atoms with E-state index in [1.807, 2.05) is 25.2 Å². The SMILES string of the molecule is CN(C)c1cc([C@@H]2CCCN2)ccn1. The Balaban J connectivity index is 2.21. The summed E-state index contributed by atoms with van der Waals surface area (Å²) in [6, 6.07) is 4.82. The summed E-state index contributed by atoms with van der Waals surface area (Å²) in [6.45, 7) is 1.14.